The summed E-state index contributed by atoms with van der Waals surface area (Å²) in [6, 6.07) is 8.30. The van der Waals surface area contributed by atoms with Crippen LogP contribution in [0.1, 0.15) is 46.0 Å². The molecule has 1 aliphatic carbocycles. The van der Waals surface area contributed by atoms with Gasteiger partial charge >= 0.3 is 0 Å². The van der Waals surface area contributed by atoms with Crippen molar-refractivity contribution in [2.24, 2.45) is 0 Å². The van der Waals surface area contributed by atoms with Crippen molar-refractivity contribution in [1.82, 2.24) is 15.1 Å². The third kappa shape index (κ3) is 4.88. The van der Waals surface area contributed by atoms with E-state index in [9.17, 15) is 4.79 Å². The summed E-state index contributed by atoms with van der Waals surface area (Å²) < 4.78 is 6.67. The van der Waals surface area contributed by atoms with Gasteiger partial charge in [0, 0.05) is 22.1 Å². The maximum Gasteiger partial charge on any atom is 0.277 e. The van der Waals surface area contributed by atoms with E-state index < -0.39 is 0 Å². The molecule has 1 aromatic carbocycles. The fourth-order valence-electron chi connectivity index (χ4n) is 3.48. The van der Waals surface area contributed by atoms with E-state index in [-0.39, 0.29) is 11.9 Å². The van der Waals surface area contributed by atoms with E-state index in [0.29, 0.717) is 22.9 Å². The number of nitrogens with zero attached hydrogens (tertiary/aromatic N) is 3. The second-order valence-corrected chi connectivity index (χ2v) is 8.70. The highest BCUT2D eigenvalue weighted by molar-refractivity contribution is 9.10. The smallest absolute Gasteiger partial charge is 0.277 e. The van der Waals surface area contributed by atoms with Gasteiger partial charge in [0.25, 0.3) is 5.22 Å². The van der Waals surface area contributed by atoms with E-state index in [1.807, 2.05) is 24.3 Å². The highest BCUT2D eigenvalue weighted by atomic mass is 79.9. The number of rotatable bonds is 6. The predicted molar refractivity (Wildman–Crippen MR) is 107 cm³/mol. The van der Waals surface area contributed by atoms with Gasteiger partial charge in [0.05, 0.1) is 5.75 Å². The first kappa shape index (κ1) is 19.4. The van der Waals surface area contributed by atoms with Gasteiger partial charge in [0.1, 0.15) is 0 Å². The maximum absolute atomic E-state index is 12.8. The molecule has 0 aliphatic heterocycles. The molecule has 0 N–H and O–H groups in total. The van der Waals surface area contributed by atoms with Crippen LogP contribution in [0.2, 0.25) is 0 Å². The van der Waals surface area contributed by atoms with Gasteiger partial charge in [-0.15, -0.1) is 10.2 Å². The Morgan fingerprint density at radius 2 is 2.08 bits per heavy atom. The fourth-order valence-corrected chi connectivity index (χ4v) is 4.51. The van der Waals surface area contributed by atoms with Gasteiger partial charge < -0.3 is 9.32 Å². The van der Waals surface area contributed by atoms with Gasteiger partial charge in [-0.1, -0.05) is 53.0 Å². The third-order valence-corrected chi connectivity index (χ3v) is 5.91. The molecule has 1 heterocycles. The Balaban J connectivity index is 1.61. The zero-order valence-electron chi connectivity index (χ0n) is 15.2. The largest absolute Gasteiger partial charge is 0.411 e. The predicted octanol–water partition coefficient (Wildman–Crippen LogP) is 5.16. The first-order valence-electron chi connectivity index (χ1n) is 9.08. The Kier molecular flexibility index (Phi) is 6.75. The van der Waals surface area contributed by atoms with Gasteiger partial charge in [-0.3, -0.25) is 4.79 Å². The molecule has 0 spiro atoms. The van der Waals surface area contributed by atoms with Crippen molar-refractivity contribution in [2.75, 3.05) is 5.75 Å². The third-order valence-electron chi connectivity index (χ3n) is 4.61. The second kappa shape index (κ2) is 9.04. The molecule has 1 aliphatic rings. The molecular weight excluding hydrogens is 414 g/mol. The molecule has 0 unspecified atom stereocenters. The number of benzene rings is 1. The average Bonchev–Trinajstić information content (AvgIpc) is 3.10. The van der Waals surface area contributed by atoms with Crippen molar-refractivity contribution in [3.63, 3.8) is 0 Å². The van der Waals surface area contributed by atoms with Crippen molar-refractivity contribution in [3.8, 4) is 11.5 Å². The topological polar surface area (TPSA) is 59.2 Å². The first-order chi connectivity index (χ1) is 12.5. The van der Waals surface area contributed by atoms with Crippen LogP contribution in [0.25, 0.3) is 11.5 Å². The second-order valence-electron chi connectivity index (χ2n) is 6.86. The lowest BCUT2D eigenvalue weighted by molar-refractivity contribution is -0.133. The van der Waals surface area contributed by atoms with Crippen molar-refractivity contribution in [1.29, 1.82) is 0 Å². The minimum absolute atomic E-state index is 0.152. The summed E-state index contributed by atoms with van der Waals surface area (Å²) in [6.07, 6.45) is 5.94. The SMILES string of the molecule is CC(C)N(C(=O)CSc1nnc(-c2cccc(Br)c2)o1)C1CCCCC1. The van der Waals surface area contributed by atoms with E-state index >= 15 is 0 Å². The van der Waals surface area contributed by atoms with E-state index in [1.165, 1.54) is 31.0 Å². The number of hydrogen-bond acceptors (Lipinski definition) is 5. The summed E-state index contributed by atoms with van der Waals surface area (Å²) in [5.41, 5.74) is 0.857. The number of amides is 1. The van der Waals surface area contributed by atoms with Crippen LogP contribution in [0.5, 0.6) is 0 Å². The molecule has 0 saturated heterocycles. The summed E-state index contributed by atoms with van der Waals surface area (Å²) >= 11 is 4.75. The molecule has 5 nitrogen and oxygen atoms in total. The summed E-state index contributed by atoms with van der Waals surface area (Å²) in [5.74, 6) is 0.947. The summed E-state index contributed by atoms with van der Waals surface area (Å²) in [5, 5.41) is 8.59. The highest BCUT2D eigenvalue weighted by Gasteiger charge is 2.27. The molecule has 140 valence electrons. The zero-order chi connectivity index (χ0) is 18.5. The van der Waals surface area contributed by atoms with Crippen LogP contribution in [0, 0.1) is 0 Å². The molecule has 0 radical (unpaired) electrons. The van der Waals surface area contributed by atoms with E-state index in [4.69, 9.17) is 4.42 Å². The number of carbonyl (C=O) groups excluding carboxylic acids is 1. The molecule has 1 aromatic heterocycles. The van der Waals surface area contributed by atoms with E-state index in [2.05, 4.69) is 44.9 Å². The number of aromatic nitrogens is 2. The molecule has 1 saturated carbocycles. The molecule has 0 atom stereocenters. The van der Waals surface area contributed by atoms with Crippen molar-refractivity contribution in [3.05, 3.63) is 28.7 Å². The summed E-state index contributed by atoms with van der Waals surface area (Å²) in [6.45, 7) is 4.18. The van der Waals surface area contributed by atoms with Crippen LogP contribution in [-0.2, 0) is 4.79 Å². The Labute approximate surface area is 167 Å². The van der Waals surface area contributed by atoms with Gasteiger partial charge in [-0.2, -0.15) is 0 Å². The van der Waals surface area contributed by atoms with E-state index in [1.54, 1.807) is 0 Å². The van der Waals surface area contributed by atoms with Crippen LogP contribution >= 0.6 is 27.7 Å². The standard InChI is InChI=1S/C19H24BrN3O2S/c1-13(2)23(16-9-4-3-5-10-16)17(24)12-26-19-22-21-18(25-19)14-7-6-8-15(20)11-14/h6-8,11,13,16H,3-5,9-10,12H2,1-2H3. The molecule has 7 heteroatoms. The number of hydrogen-bond donors (Lipinski definition) is 0. The molecule has 1 amide bonds. The Morgan fingerprint density at radius 1 is 1.31 bits per heavy atom. The van der Waals surface area contributed by atoms with Gasteiger partial charge in [0.15, 0.2) is 0 Å². The van der Waals surface area contributed by atoms with Crippen molar-refractivity contribution < 1.29 is 9.21 Å². The lowest BCUT2D eigenvalue weighted by Crippen LogP contribution is -2.46. The highest BCUT2D eigenvalue weighted by Crippen LogP contribution is 2.28. The van der Waals surface area contributed by atoms with E-state index in [0.717, 1.165) is 22.9 Å². The quantitative estimate of drug-likeness (QED) is 0.583. The van der Waals surface area contributed by atoms with Crippen LogP contribution in [0.4, 0.5) is 0 Å². The van der Waals surface area contributed by atoms with Crippen LogP contribution in [0.3, 0.4) is 0 Å². The zero-order valence-corrected chi connectivity index (χ0v) is 17.6. The van der Waals surface area contributed by atoms with Crippen LogP contribution in [-0.4, -0.2) is 38.8 Å². The van der Waals surface area contributed by atoms with Gasteiger partial charge in [-0.25, -0.2) is 0 Å². The maximum atomic E-state index is 12.8. The summed E-state index contributed by atoms with van der Waals surface area (Å²) in [4.78, 5) is 14.8. The Morgan fingerprint density at radius 3 is 2.77 bits per heavy atom. The number of thioether (sulfide) groups is 1. The Bertz CT molecular complexity index is 744. The fraction of sp³-hybridized carbons (Fsp3) is 0.526. The number of carbonyl (C=O) groups is 1. The van der Waals surface area contributed by atoms with Crippen molar-refractivity contribution in [2.45, 2.75) is 63.3 Å². The van der Waals surface area contributed by atoms with Crippen molar-refractivity contribution >= 4 is 33.6 Å². The minimum Gasteiger partial charge on any atom is -0.411 e. The summed E-state index contributed by atoms with van der Waals surface area (Å²) in [7, 11) is 0. The Hall–Kier alpha value is -1.34. The number of halogens is 1. The van der Waals surface area contributed by atoms with Crippen LogP contribution in [0.15, 0.2) is 38.4 Å². The lowest BCUT2D eigenvalue weighted by Gasteiger charge is -2.37. The monoisotopic (exact) mass is 437 g/mol. The first-order valence-corrected chi connectivity index (χ1v) is 10.9. The lowest BCUT2D eigenvalue weighted by atomic mass is 9.93. The molecule has 26 heavy (non-hydrogen) atoms. The van der Waals surface area contributed by atoms with Crippen LogP contribution < -0.4 is 0 Å². The van der Waals surface area contributed by atoms with Gasteiger partial charge in [-0.05, 0) is 44.9 Å². The molecule has 1 fully saturated rings. The molecule has 3 rings (SSSR count). The average molecular weight is 438 g/mol. The molecule has 0 bridgehead atoms. The normalized spacial score (nSPS) is 15.4. The molecule has 2 aromatic rings. The molecular formula is C19H24BrN3O2S. The van der Waals surface area contributed by atoms with Gasteiger partial charge in [0.2, 0.25) is 11.8 Å². The minimum atomic E-state index is 0.152.